The van der Waals surface area contributed by atoms with Gasteiger partial charge in [0, 0.05) is 23.9 Å². The Hall–Kier alpha value is -2.87. The zero-order chi connectivity index (χ0) is 15.4. The Labute approximate surface area is 123 Å². The lowest BCUT2D eigenvalue weighted by atomic mass is 10.2. The number of ether oxygens (including phenoxy) is 1. The molecular weight excluding hydrogens is 300 g/mol. The van der Waals surface area contributed by atoms with Gasteiger partial charge < -0.3 is 15.7 Å². The monoisotopic (exact) mass is 308 g/mol. The molecule has 0 unspecified atom stereocenters. The van der Waals surface area contributed by atoms with Crippen LogP contribution in [0.5, 0.6) is 11.6 Å². The van der Waals surface area contributed by atoms with Crippen molar-refractivity contribution in [1.29, 1.82) is 0 Å². The van der Waals surface area contributed by atoms with Crippen molar-refractivity contribution in [3.8, 4) is 11.6 Å². The van der Waals surface area contributed by atoms with Gasteiger partial charge in [-0.2, -0.15) is 0 Å². The van der Waals surface area contributed by atoms with Crippen molar-refractivity contribution in [2.45, 2.75) is 0 Å². The fourth-order valence-corrected chi connectivity index (χ4v) is 1.63. The molecule has 108 valence electrons. The van der Waals surface area contributed by atoms with E-state index in [0.29, 0.717) is 5.56 Å². The van der Waals surface area contributed by atoms with Gasteiger partial charge in [-0.1, -0.05) is 16.8 Å². The molecule has 0 spiro atoms. The SMILES string of the molecule is NC(=NO)c1ccnc(Oc2cc([N+](=O)[O-])ccc2Cl)c1. The average Bonchev–Trinajstić information content (AvgIpc) is 2.48. The molecule has 2 rings (SSSR count). The Morgan fingerprint density at radius 2 is 2.19 bits per heavy atom. The van der Waals surface area contributed by atoms with Crippen molar-refractivity contribution >= 4 is 23.1 Å². The predicted molar refractivity (Wildman–Crippen MR) is 74.9 cm³/mol. The quantitative estimate of drug-likeness (QED) is 0.294. The van der Waals surface area contributed by atoms with Gasteiger partial charge in [-0.15, -0.1) is 0 Å². The van der Waals surface area contributed by atoms with Crippen LogP contribution >= 0.6 is 11.6 Å². The van der Waals surface area contributed by atoms with E-state index in [1.54, 1.807) is 0 Å². The summed E-state index contributed by atoms with van der Waals surface area (Å²) in [7, 11) is 0. The molecule has 1 heterocycles. The van der Waals surface area contributed by atoms with Gasteiger partial charge in [0.05, 0.1) is 16.0 Å². The number of hydrogen-bond donors (Lipinski definition) is 2. The Morgan fingerprint density at radius 3 is 2.86 bits per heavy atom. The number of halogens is 1. The summed E-state index contributed by atoms with van der Waals surface area (Å²) in [5, 5.41) is 22.4. The molecule has 0 radical (unpaired) electrons. The van der Waals surface area contributed by atoms with Crippen LogP contribution in [0.2, 0.25) is 5.02 Å². The molecule has 0 aliphatic carbocycles. The van der Waals surface area contributed by atoms with Crippen LogP contribution in [0.25, 0.3) is 0 Å². The molecule has 3 N–H and O–H groups in total. The molecule has 0 fully saturated rings. The van der Waals surface area contributed by atoms with Crippen LogP contribution in [0.1, 0.15) is 5.56 Å². The Bertz CT molecular complexity index is 720. The fraction of sp³-hybridized carbons (Fsp3) is 0. The third-order valence-electron chi connectivity index (χ3n) is 2.48. The lowest BCUT2D eigenvalue weighted by Crippen LogP contribution is -2.13. The van der Waals surface area contributed by atoms with Gasteiger partial charge in [-0.3, -0.25) is 10.1 Å². The van der Waals surface area contributed by atoms with Crippen LogP contribution in [0.3, 0.4) is 0 Å². The molecule has 0 aliphatic rings. The number of nitro groups is 1. The second-order valence-electron chi connectivity index (χ2n) is 3.84. The van der Waals surface area contributed by atoms with E-state index in [2.05, 4.69) is 10.1 Å². The molecule has 0 bridgehead atoms. The Balaban J connectivity index is 2.34. The normalized spacial score (nSPS) is 11.2. The van der Waals surface area contributed by atoms with E-state index in [1.165, 1.54) is 36.5 Å². The first-order chi connectivity index (χ1) is 10.0. The summed E-state index contributed by atoms with van der Waals surface area (Å²) >= 11 is 5.92. The third kappa shape index (κ3) is 3.37. The van der Waals surface area contributed by atoms with Crippen molar-refractivity contribution in [3.63, 3.8) is 0 Å². The highest BCUT2D eigenvalue weighted by Crippen LogP contribution is 2.32. The highest BCUT2D eigenvalue weighted by Gasteiger charge is 2.12. The second-order valence-corrected chi connectivity index (χ2v) is 4.25. The largest absolute Gasteiger partial charge is 0.437 e. The van der Waals surface area contributed by atoms with Gasteiger partial charge in [0.15, 0.2) is 11.6 Å². The molecule has 0 atom stereocenters. The topological polar surface area (TPSA) is 124 Å². The van der Waals surface area contributed by atoms with Gasteiger partial charge >= 0.3 is 0 Å². The molecule has 8 nitrogen and oxygen atoms in total. The number of oxime groups is 1. The zero-order valence-corrected chi connectivity index (χ0v) is 11.2. The molecule has 2 aromatic rings. The van der Waals surface area contributed by atoms with E-state index in [1.807, 2.05) is 0 Å². The van der Waals surface area contributed by atoms with Gasteiger partial charge in [0.25, 0.3) is 5.69 Å². The minimum Gasteiger partial charge on any atom is -0.437 e. The van der Waals surface area contributed by atoms with E-state index in [4.69, 9.17) is 27.3 Å². The predicted octanol–water partition coefficient (Wildman–Crippen LogP) is 2.53. The molecule has 21 heavy (non-hydrogen) atoms. The molecule has 1 aromatic carbocycles. The summed E-state index contributed by atoms with van der Waals surface area (Å²) in [6.07, 6.45) is 1.38. The van der Waals surface area contributed by atoms with E-state index in [9.17, 15) is 10.1 Å². The summed E-state index contributed by atoms with van der Waals surface area (Å²) in [6.45, 7) is 0. The van der Waals surface area contributed by atoms with Crippen LogP contribution in [0, 0.1) is 10.1 Å². The molecule has 0 saturated carbocycles. The first-order valence-corrected chi connectivity index (χ1v) is 5.95. The number of amidine groups is 1. The van der Waals surface area contributed by atoms with Crippen molar-refractivity contribution < 1.29 is 14.9 Å². The first-order valence-electron chi connectivity index (χ1n) is 5.57. The molecule has 0 aliphatic heterocycles. The molecule has 1 aromatic heterocycles. The number of aromatic nitrogens is 1. The summed E-state index contributed by atoms with van der Waals surface area (Å²) in [4.78, 5) is 14.1. The number of hydrogen-bond acceptors (Lipinski definition) is 6. The van der Waals surface area contributed by atoms with Crippen LogP contribution in [0.4, 0.5) is 5.69 Å². The minimum absolute atomic E-state index is 0.0787. The Kier molecular flexibility index (Phi) is 4.19. The summed E-state index contributed by atoms with van der Waals surface area (Å²) < 4.78 is 5.40. The van der Waals surface area contributed by atoms with Gasteiger partial charge in [0.2, 0.25) is 5.88 Å². The second kappa shape index (κ2) is 6.06. The maximum Gasteiger partial charge on any atom is 0.273 e. The van der Waals surface area contributed by atoms with E-state index in [0.717, 1.165) is 0 Å². The molecule has 0 saturated heterocycles. The van der Waals surface area contributed by atoms with Crippen molar-refractivity contribution in [3.05, 3.63) is 57.2 Å². The Morgan fingerprint density at radius 1 is 1.43 bits per heavy atom. The maximum atomic E-state index is 10.7. The lowest BCUT2D eigenvalue weighted by Gasteiger charge is -2.07. The number of benzene rings is 1. The molecule has 0 amide bonds. The van der Waals surface area contributed by atoms with Crippen molar-refractivity contribution in [1.82, 2.24) is 4.98 Å². The number of nitrogens with two attached hydrogens (primary N) is 1. The van der Waals surface area contributed by atoms with Crippen molar-refractivity contribution in [2.24, 2.45) is 10.9 Å². The zero-order valence-electron chi connectivity index (χ0n) is 10.4. The number of nitro benzene ring substituents is 1. The maximum absolute atomic E-state index is 10.7. The molecule has 9 heteroatoms. The van der Waals surface area contributed by atoms with Crippen LogP contribution in [-0.2, 0) is 0 Å². The average molecular weight is 309 g/mol. The van der Waals surface area contributed by atoms with E-state index in [-0.39, 0.29) is 28.2 Å². The minimum atomic E-state index is -0.566. The third-order valence-corrected chi connectivity index (χ3v) is 2.79. The molecular formula is C12H9ClN4O4. The van der Waals surface area contributed by atoms with Crippen LogP contribution in [-0.4, -0.2) is 21.0 Å². The number of non-ortho nitro benzene ring substituents is 1. The summed E-state index contributed by atoms with van der Waals surface area (Å²) in [5.41, 5.74) is 5.67. The summed E-state index contributed by atoms with van der Waals surface area (Å²) in [6, 6.07) is 6.71. The lowest BCUT2D eigenvalue weighted by molar-refractivity contribution is -0.384. The van der Waals surface area contributed by atoms with Crippen LogP contribution < -0.4 is 10.5 Å². The van der Waals surface area contributed by atoms with E-state index >= 15 is 0 Å². The standard InChI is InChI=1S/C12H9ClN4O4/c13-9-2-1-8(17(19)20)6-10(9)21-11-5-7(3-4-15-11)12(14)16-18/h1-6,18H,(H2,14,16). The van der Waals surface area contributed by atoms with E-state index < -0.39 is 4.92 Å². The number of pyridine rings is 1. The summed E-state index contributed by atoms with van der Waals surface area (Å²) in [5.74, 6) is 0.0592. The first kappa shape index (κ1) is 14.5. The smallest absolute Gasteiger partial charge is 0.273 e. The van der Waals surface area contributed by atoms with Gasteiger partial charge in [0.1, 0.15) is 0 Å². The highest BCUT2D eigenvalue weighted by atomic mass is 35.5. The van der Waals surface area contributed by atoms with Gasteiger partial charge in [-0.05, 0) is 12.1 Å². The van der Waals surface area contributed by atoms with Crippen molar-refractivity contribution in [2.75, 3.05) is 0 Å². The fourth-order valence-electron chi connectivity index (χ4n) is 1.48. The van der Waals surface area contributed by atoms with Gasteiger partial charge in [-0.25, -0.2) is 4.98 Å². The number of rotatable bonds is 4. The highest BCUT2D eigenvalue weighted by molar-refractivity contribution is 6.32. The number of nitrogens with zero attached hydrogens (tertiary/aromatic N) is 3. The van der Waals surface area contributed by atoms with Crippen LogP contribution in [0.15, 0.2) is 41.7 Å².